The Hall–Kier alpha value is -0.560. The highest BCUT2D eigenvalue weighted by Crippen LogP contribution is 2.33. The molecule has 0 aromatic heterocycles. The van der Waals surface area contributed by atoms with Crippen LogP contribution in [0.5, 0.6) is 0 Å². The summed E-state index contributed by atoms with van der Waals surface area (Å²) in [5, 5.41) is 3.25. The largest absolute Gasteiger partial charge is 0.417 e. The topological polar surface area (TPSA) is 29.1 Å². The van der Waals surface area contributed by atoms with Gasteiger partial charge in [-0.3, -0.25) is 4.79 Å². The number of amides is 1. The fourth-order valence-electron chi connectivity index (χ4n) is 1.51. The van der Waals surface area contributed by atoms with Crippen molar-refractivity contribution in [3.05, 3.63) is 33.8 Å². The minimum atomic E-state index is -4.57. The Bertz CT molecular complexity index is 491. The molecule has 0 bridgehead atoms. The molecule has 1 amide bonds. The van der Waals surface area contributed by atoms with Crippen molar-refractivity contribution >= 4 is 37.8 Å². The Morgan fingerprint density at radius 2 is 1.95 bits per heavy atom. The minimum absolute atomic E-state index is 0.115. The fraction of sp³-hybridized carbons (Fsp3) is 0.462. The molecule has 1 aromatic rings. The van der Waals surface area contributed by atoms with Crippen LogP contribution in [0.1, 0.15) is 29.8 Å². The van der Waals surface area contributed by atoms with E-state index in [2.05, 4.69) is 37.2 Å². The smallest absolute Gasteiger partial charge is 0.349 e. The van der Waals surface area contributed by atoms with Crippen molar-refractivity contribution in [2.45, 2.75) is 26.1 Å². The number of carbonyl (C=O) groups is 1. The summed E-state index contributed by atoms with van der Waals surface area (Å²) in [4.78, 5) is 12.0. The van der Waals surface area contributed by atoms with E-state index in [1.165, 1.54) is 12.1 Å². The number of hydrogen-bond donors (Lipinski definition) is 1. The molecule has 0 spiro atoms. The fourth-order valence-corrected chi connectivity index (χ4v) is 2.43. The molecule has 1 aromatic carbocycles. The van der Waals surface area contributed by atoms with Gasteiger partial charge in [-0.25, -0.2) is 0 Å². The lowest BCUT2D eigenvalue weighted by atomic mass is 10.0. The molecule has 0 radical (unpaired) electrons. The van der Waals surface area contributed by atoms with Gasteiger partial charge in [0.05, 0.1) is 11.1 Å². The number of alkyl halides is 4. The second-order valence-corrected chi connectivity index (χ2v) is 6.14. The molecule has 0 saturated heterocycles. The standard InChI is InChI=1S/C13H14Br2F3NO/c1-7(6-14)8(2)19-12(20)10-4-3-9(15)5-11(10)13(16,17)18/h3-5,7-8H,6H2,1-2H3,(H,19,20). The number of benzene rings is 1. The molecule has 112 valence electrons. The molecule has 1 N–H and O–H groups in total. The van der Waals surface area contributed by atoms with Gasteiger partial charge in [-0.05, 0) is 31.0 Å². The molecule has 1 rings (SSSR count). The molecule has 2 nitrogen and oxygen atoms in total. The number of halogens is 5. The van der Waals surface area contributed by atoms with E-state index in [1.807, 2.05) is 6.92 Å². The van der Waals surface area contributed by atoms with E-state index in [-0.39, 0.29) is 22.0 Å². The summed E-state index contributed by atoms with van der Waals surface area (Å²) < 4.78 is 39.1. The van der Waals surface area contributed by atoms with E-state index in [1.54, 1.807) is 6.92 Å². The first-order valence-corrected chi connectivity index (χ1v) is 7.81. The predicted molar refractivity (Wildman–Crippen MR) is 79.0 cm³/mol. The average Bonchev–Trinajstić information content (AvgIpc) is 2.36. The zero-order valence-corrected chi connectivity index (χ0v) is 14.1. The van der Waals surface area contributed by atoms with Gasteiger partial charge in [0, 0.05) is 15.8 Å². The monoisotopic (exact) mass is 415 g/mol. The van der Waals surface area contributed by atoms with Crippen LogP contribution in [-0.4, -0.2) is 17.3 Å². The van der Waals surface area contributed by atoms with Crippen LogP contribution in [0.2, 0.25) is 0 Å². The van der Waals surface area contributed by atoms with Gasteiger partial charge in [0.1, 0.15) is 0 Å². The first-order valence-electron chi connectivity index (χ1n) is 5.90. The van der Waals surface area contributed by atoms with Crippen molar-refractivity contribution in [1.29, 1.82) is 0 Å². The van der Waals surface area contributed by atoms with Crippen LogP contribution in [0.4, 0.5) is 13.2 Å². The maximum Gasteiger partial charge on any atom is 0.417 e. The van der Waals surface area contributed by atoms with Crippen molar-refractivity contribution in [3.63, 3.8) is 0 Å². The Morgan fingerprint density at radius 3 is 2.45 bits per heavy atom. The Kier molecular flexibility index (Phi) is 6.06. The highest BCUT2D eigenvalue weighted by Gasteiger charge is 2.35. The van der Waals surface area contributed by atoms with Crippen LogP contribution in [0, 0.1) is 5.92 Å². The summed E-state index contributed by atoms with van der Waals surface area (Å²) in [6.45, 7) is 3.65. The van der Waals surface area contributed by atoms with Crippen molar-refractivity contribution in [1.82, 2.24) is 5.32 Å². The maximum absolute atomic E-state index is 12.9. The van der Waals surface area contributed by atoms with Gasteiger partial charge in [0.15, 0.2) is 0 Å². The molecule has 0 heterocycles. The summed E-state index contributed by atoms with van der Waals surface area (Å²) >= 11 is 6.27. The van der Waals surface area contributed by atoms with Crippen LogP contribution in [0.25, 0.3) is 0 Å². The van der Waals surface area contributed by atoms with Gasteiger partial charge in [-0.2, -0.15) is 13.2 Å². The Labute approximate surface area is 132 Å². The summed E-state index contributed by atoms with van der Waals surface area (Å²) in [5.41, 5.74) is -1.31. The maximum atomic E-state index is 12.9. The number of hydrogen-bond acceptors (Lipinski definition) is 1. The summed E-state index contributed by atoms with van der Waals surface area (Å²) in [7, 11) is 0. The minimum Gasteiger partial charge on any atom is -0.349 e. The highest BCUT2D eigenvalue weighted by atomic mass is 79.9. The summed E-state index contributed by atoms with van der Waals surface area (Å²) in [5.74, 6) is -0.603. The highest BCUT2D eigenvalue weighted by molar-refractivity contribution is 9.10. The van der Waals surface area contributed by atoms with Gasteiger partial charge in [0.25, 0.3) is 5.91 Å². The van der Waals surface area contributed by atoms with E-state index in [0.29, 0.717) is 5.33 Å². The van der Waals surface area contributed by atoms with E-state index in [9.17, 15) is 18.0 Å². The van der Waals surface area contributed by atoms with Crippen LogP contribution in [0.15, 0.2) is 22.7 Å². The van der Waals surface area contributed by atoms with E-state index < -0.39 is 17.6 Å². The zero-order chi connectivity index (χ0) is 15.5. The third kappa shape index (κ3) is 4.48. The molecule has 0 aliphatic heterocycles. The van der Waals surface area contributed by atoms with E-state index >= 15 is 0 Å². The van der Waals surface area contributed by atoms with Crippen LogP contribution >= 0.6 is 31.9 Å². The first kappa shape index (κ1) is 17.5. The zero-order valence-electron chi connectivity index (χ0n) is 10.9. The molecular formula is C13H14Br2F3NO. The second-order valence-electron chi connectivity index (χ2n) is 4.58. The van der Waals surface area contributed by atoms with Crippen molar-refractivity contribution in [3.8, 4) is 0 Å². The van der Waals surface area contributed by atoms with Gasteiger partial charge < -0.3 is 5.32 Å². The number of carbonyl (C=O) groups excluding carboxylic acids is 1. The van der Waals surface area contributed by atoms with Crippen LogP contribution in [0.3, 0.4) is 0 Å². The van der Waals surface area contributed by atoms with Crippen molar-refractivity contribution in [2.24, 2.45) is 5.92 Å². The lowest BCUT2D eigenvalue weighted by Crippen LogP contribution is -2.38. The number of nitrogens with one attached hydrogen (secondary N) is 1. The SMILES string of the molecule is CC(CBr)C(C)NC(=O)c1ccc(Br)cc1C(F)(F)F. The quantitative estimate of drug-likeness (QED) is 0.713. The average molecular weight is 417 g/mol. The predicted octanol–water partition coefficient (Wildman–Crippen LogP) is 4.62. The summed E-state index contributed by atoms with van der Waals surface area (Å²) in [6, 6.07) is 3.27. The normalized spacial score (nSPS) is 14.8. The second kappa shape index (κ2) is 6.93. The Morgan fingerprint density at radius 1 is 1.35 bits per heavy atom. The van der Waals surface area contributed by atoms with Crippen LogP contribution in [-0.2, 0) is 6.18 Å². The van der Waals surface area contributed by atoms with Crippen molar-refractivity contribution in [2.75, 3.05) is 5.33 Å². The molecule has 0 fully saturated rings. The van der Waals surface area contributed by atoms with E-state index in [4.69, 9.17) is 0 Å². The number of rotatable bonds is 4. The lowest BCUT2D eigenvalue weighted by Gasteiger charge is -2.20. The molecule has 0 aliphatic rings. The molecule has 2 unspecified atom stereocenters. The molecular weight excluding hydrogens is 403 g/mol. The first-order chi connectivity index (χ1) is 9.16. The third-order valence-electron chi connectivity index (χ3n) is 2.99. The van der Waals surface area contributed by atoms with Gasteiger partial charge >= 0.3 is 6.18 Å². The molecule has 20 heavy (non-hydrogen) atoms. The third-order valence-corrected chi connectivity index (χ3v) is 4.50. The Balaban J connectivity index is 3.05. The van der Waals surface area contributed by atoms with Gasteiger partial charge in [-0.15, -0.1) is 0 Å². The molecule has 0 aliphatic carbocycles. The molecule has 2 atom stereocenters. The van der Waals surface area contributed by atoms with Crippen LogP contribution < -0.4 is 5.32 Å². The van der Waals surface area contributed by atoms with Gasteiger partial charge in [0.2, 0.25) is 0 Å². The summed E-state index contributed by atoms with van der Waals surface area (Å²) in [6.07, 6.45) is -4.57. The molecule has 0 saturated carbocycles. The lowest BCUT2D eigenvalue weighted by molar-refractivity contribution is -0.138. The van der Waals surface area contributed by atoms with Gasteiger partial charge in [-0.1, -0.05) is 38.8 Å². The van der Waals surface area contributed by atoms with Crippen molar-refractivity contribution < 1.29 is 18.0 Å². The molecule has 7 heteroatoms. The van der Waals surface area contributed by atoms with E-state index in [0.717, 1.165) is 6.07 Å².